The van der Waals surface area contributed by atoms with Crippen molar-refractivity contribution in [2.75, 3.05) is 0 Å². The van der Waals surface area contributed by atoms with E-state index in [1.54, 1.807) is 36.6 Å². The van der Waals surface area contributed by atoms with Crippen molar-refractivity contribution in [2.24, 2.45) is 0 Å². The number of hydrogen-bond acceptors (Lipinski definition) is 3. The van der Waals surface area contributed by atoms with E-state index in [2.05, 4.69) is 4.72 Å². The Kier molecular flexibility index (Phi) is 4.32. The SMILES string of the molecule is CC(NS(=O)(=O)c1ccc(-c2ccco2)cc1)c1ccccc1. The van der Waals surface area contributed by atoms with Crippen molar-refractivity contribution >= 4 is 10.0 Å². The summed E-state index contributed by atoms with van der Waals surface area (Å²) in [7, 11) is -3.57. The molecule has 3 rings (SSSR count). The van der Waals surface area contributed by atoms with Crippen molar-refractivity contribution in [3.05, 3.63) is 78.6 Å². The lowest BCUT2D eigenvalue weighted by Gasteiger charge is -2.14. The summed E-state index contributed by atoms with van der Waals surface area (Å²) < 4.78 is 33.0. The van der Waals surface area contributed by atoms with Crippen LogP contribution in [0.1, 0.15) is 18.5 Å². The lowest BCUT2D eigenvalue weighted by molar-refractivity contribution is 0.566. The average molecular weight is 327 g/mol. The molecule has 118 valence electrons. The minimum Gasteiger partial charge on any atom is -0.464 e. The third-order valence-corrected chi connectivity index (χ3v) is 5.16. The van der Waals surface area contributed by atoms with Crippen LogP contribution in [0.3, 0.4) is 0 Å². The minimum absolute atomic E-state index is 0.232. The van der Waals surface area contributed by atoms with Gasteiger partial charge in [0.2, 0.25) is 10.0 Å². The van der Waals surface area contributed by atoms with Gasteiger partial charge in [0, 0.05) is 11.6 Å². The number of nitrogens with one attached hydrogen (secondary N) is 1. The van der Waals surface area contributed by atoms with E-state index in [9.17, 15) is 8.42 Å². The largest absolute Gasteiger partial charge is 0.464 e. The van der Waals surface area contributed by atoms with Crippen LogP contribution in [0.25, 0.3) is 11.3 Å². The average Bonchev–Trinajstić information content (AvgIpc) is 3.10. The molecule has 0 aliphatic carbocycles. The first kappa shape index (κ1) is 15.5. The fourth-order valence-corrected chi connectivity index (χ4v) is 3.58. The van der Waals surface area contributed by atoms with Gasteiger partial charge in [-0.25, -0.2) is 13.1 Å². The zero-order valence-electron chi connectivity index (χ0n) is 12.6. The van der Waals surface area contributed by atoms with E-state index in [1.165, 1.54) is 0 Å². The Morgan fingerprint density at radius 3 is 2.22 bits per heavy atom. The predicted octanol–water partition coefficient (Wildman–Crippen LogP) is 3.99. The summed E-state index contributed by atoms with van der Waals surface area (Å²) in [5.41, 5.74) is 1.76. The molecule has 0 saturated carbocycles. The first-order valence-electron chi connectivity index (χ1n) is 7.27. The molecule has 1 atom stereocenters. The summed E-state index contributed by atoms with van der Waals surface area (Å²) in [6.45, 7) is 1.82. The molecule has 0 aliphatic rings. The molecule has 3 aromatic rings. The van der Waals surface area contributed by atoms with Crippen LogP contribution in [0.5, 0.6) is 0 Å². The summed E-state index contributed by atoms with van der Waals surface area (Å²) in [6, 6.07) is 19.4. The molecule has 5 heteroatoms. The van der Waals surface area contributed by atoms with Crippen LogP contribution in [0.15, 0.2) is 82.3 Å². The maximum absolute atomic E-state index is 12.5. The summed E-state index contributed by atoms with van der Waals surface area (Å²) >= 11 is 0. The lowest BCUT2D eigenvalue weighted by Crippen LogP contribution is -2.26. The van der Waals surface area contributed by atoms with Crippen LogP contribution < -0.4 is 4.72 Å². The predicted molar refractivity (Wildman–Crippen MR) is 89.3 cm³/mol. The van der Waals surface area contributed by atoms with Gasteiger partial charge in [0.05, 0.1) is 11.2 Å². The molecule has 1 unspecified atom stereocenters. The van der Waals surface area contributed by atoms with Crippen LogP contribution in [0, 0.1) is 0 Å². The molecule has 0 amide bonds. The molecule has 0 radical (unpaired) electrons. The van der Waals surface area contributed by atoms with E-state index in [0.29, 0.717) is 5.76 Å². The quantitative estimate of drug-likeness (QED) is 0.771. The summed E-state index contributed by atoms with van der Waals surface area (Å²) in [6.07, 6.45) is 1.59. The van der Waals surface area contributed by atoms with Crippen LogP contribution in [-0.2, 0) is 10.0 Å². The topological polar surface area (TPSA) is 59.3 Å². The van der Waals surface area contributed by atoms with E-state index >= 15 is 0 Å². The van der Waals surface area contributed by atoms with Gasteiger partial charge >= 0.3 is 0 Å². The number of sulfonamides is 1. The van der Waals surface area contributed by atoms with Crippen molar-refractivity contribution in [1.29, 1.82) is 0 Å². The number of benzene rings is 2. The minimum atomic E-state index is -3.57. The third kappa shape index (κ3) is 3.52. The van der Waals surface area contributed by atoms with Gasteiger partial charge in [-0.2, -0.15) is 0 Å². The zero-order chi connectivity index (χ0) is 16.3. The molecule has 0 bridgehead atoms. The van der Waals surface area contributed by atoms with Crippen molar-refractivity contribution < 1.29 is 12.8 Å². The molecule has 1 heterocycles. The number of rotatable bonds is 5. The maximum atomic E-state index is 12.5. The molecule has 0 saturated heterocycles. The van der Waals surface area contributed by atoms with Gasteiger partial charge in [0.25, 0.3) is 0 Å². The zero-order valence-corrected chi connectivity index (χ0v) is 13.5. The van der Waals surface area contributed by atoms with Crippen molar-refractivity contribution in [2.45, 2.75) is 17.9 Å². The van der Waals surface area contributed by atoms with Crippen molar-refractivity contribution in [1.82, 2.24) is 4.72 Å². The Hall–Kier alpha value is -2.37. The monoisotopic (exact) mass is 327 g/mol. The second kappa shape index (κ2) is 6.40. The van der Waals surface area contributed by atoms with E-state index < -0.39 is 10.0 Å². The molecule has 0 aliphatic heterocycles. The lowest BCUT2D eigenvalue weighted by atomic mass is 10.1. The van der Waals surface area contributed by atoms with Crippen LogP contribution >= 0.6 is 0 Å². The Bertz CT molecular complexity index is 854. The van der Waals surface area contributed by atoms with Crippen molar-refractivity contribution in [3.8, 4) is 11.3 Å². The highest BCUT2D eigenvalue weighted by molar-refractivity contribution is 7.89. The standard InChI is InChI=1S/C18H17NO3S/c1-14(15-6-3-2-4-7-15)19-23(20,21)17-11-9-16(10-12-17)18-8-5-13-22-18/h2-14,19H,1H3. The molecular weight excluding hydrogens is 310 g/mol. The number of furan rings is 1. The van der Waals surface area contributed by atoms with Gasteiger partial charge in [-0.05, 0) is 48.9 Å². The molecule has 0 fully saturated rings. The van der Waals surface area contributed by atoms with Crippen LogP contribution in [0.2, 0.25) is 0 Å². The molecule has 2 aromatic carbocycles. The van der Waals surface area contributed by atoms with Gasteiger partial charge < -0.3 is 4.42 Å². The molecule has 0 spiro atoms. The molecular formula is C18H17NO3S. The maximum Gasteiger partial charge on any atom is 0.241 e. The molecule has 23 heavy (non-hydrogen) atoms. The second-order valence-electron chi connectivity index (χ2n) is 5.26. The van der Waals surface area contributed by atoms with E-state index in [0.717, 1.165) is 11.1 Å². The Labute approximate surface area is 135 Å². The highest BCUT2D eigenvalue weighted by atomic mass is 32.2. The summed E-state index contributed by atoms with van der Waals surface area (Å²) in [5, 5.41) is 0. The highest BCUT2D eigenvalue weighted by Gasteiger charge is 2.18. The third-order valence-electron chi connectivity index (χ3n) is 3.60. The Morgan fingerprint density at radius 1 is 0.913 bits per heavy atom. The van der Waals surface area contributed by atoms with Crippen molar-refractivity contribution in [3.63, 3.8) is 0 Å². The fourth-order valence-electron chi connectivity index (χ4n) is 2.35. The summed E-state index contributed by atoms with van der Waals surface area (Å²) in [4.78, 5) is 0.232. The van der Waals surface area contributed by atoms with Gasteiger partial charge in [-0.1, -0.05) is 30.3 Å². The molecule has 4 nitrogen and oxygen atoms in total. The van der Waals surface area contributed by atoms with E-state index in [-0.39, 0.29) is 10.9 Å². The molecule has 1 N–H and O–H groups in total. The number of hydrogen-bond donors (Lipinski definition) is 1. The van der Waals surface area contributed by atoms with Gasteiger partial charge in [-0.15, -0.1) is 0 Å². The second-order valence-corrected chi connectivity index (χ2v) is 6.97. The van der Waals surface area contributed by atoms with Gasteiger partial charge in [0.1, 0.15) is 5.76 Å². The molecule has 1 aromatic heterocycles. The van der Waals surface area contributed by atoms with E-state index in [1.807, 2.05) is 43.3 Å². The highest BCUT2D eigenvalue weighted by Crippen LogP contribution is 2.22. The Balaban J connectivity index is 1.80. The van der Waals surface area contributed by atoms with Gasteiger partial charge in [0.15, 0.2) is 0 Å². The Morgan fingerprint density at radius 2 is 1.61 bits per heavy atom. The first-order valence-corrected chi connectivity index (χ1v) is 8.76. The van der Waals surface area contributed by atoms with Crippen LogP contribution in [0.4, 0.5) is 0 Å². The summed E-state index contributed by atoms with van der Waals surface area (Å²) in [5.74, 6) is 0.708. The van der Waals surface area contributed by atoms with E-state index in [4.69, 9.17) is 4.42 Å². The smallest absolute Gasteiger partial charge is 0.241 e. The normalized spacial score (nSPS) is 12.9. The van der Waals surface area contributed by atoms with Crippen LogP contribution in [-0.4, -0.2) is 8.42 Å². The first-order chi connectivity index (χ1) is 11.1. The fraction of sp³-hybridized carbons (Fsp3) is 0.111. The van der Waals surface area contributed by atoms with Gasteiger partial charge in [-0.3, -0.25) is 0 Å².